The minimum Gasteiger partial charge on any atom is -0.501 e. The molecule has 1 aromatic carbocycles. The lowest BCUT2D eigenvalue weighted by atomic mass is 10.1. The van der Waals surface area contributed by atoms with E-state index < -0.39 is 45.6 Å². The molecule has 0 unspecified atom stereocenters. The Bertz CT molecular complexity index is 554. The van der Waals surface area contributed by atoms with Crippen LogP contribution in [0, 0.1) is 17.0 Å². The average Bonchev–Trinajstić information content (AvgIpc) is 2.19. The number of nitro groups is 1. The lowest BCUT2D eigenvalue weighted by Gasteiger charge is -2.13. The molecular weight excluding hydrogens is 275 g/mol. The molecule has 0 saturated carbocycles. The second-order valence-electron chi connectivity index (χ2n) is 3.35. The Morgan fingerprint density at radius 3 is 2.37 bits per heavy atom. The van der Waals surface area contributed by atoms with Gasteiger partial charge >= 0.3 is 18.0 Å². The number of rotatable bonds is 3. The molecule has 0 radical (unpaired) electrons. The first-order valence-corrected chi connectivity index (χ1v) is 4.54. The molecule has 1 rings (SSSR count). The molecule has 1 aromatic rings. The molecule has 0 spiro atoms. The molecule has 0 bridgehead atoms. The van der Waals surface area contributed by atoms with Crippen molar-refractivity contribution in [1.29, 1.82) is 0 Å². The Morgan fingerprint density at radius 2 is 2.00 bits per heavy atom. The van der Waals surface area contributed by atoms with E-state index >= 15 is 0 Å². The van der Waals surface area contributed by atoms with Crippen molar-refractivity contribution in [3.05, 3.63) is 27.3 Å². The summed E-state index contributed by atoms with van der Waals surface area (Å²) in [6.07, 6.45) is -5.15. The van der Waals surface area contributed by atoms with Crippen LogP contribution in [0.15, 0.2) is 6.07 Å². The Hall–Kier alpha value is -2.52. The molecule has 0 heterocycles. The van der Waals surface area contributed by atoms with Crippen molar-refractivity contribution in [2.45, 2.75) is 13.3 Å². The number of ether oxygens (including phenoxy) is 1. The van der Waals surface area contributed by atoms with Crippen LogP contribution in [0.4, 0.5) is 18.9 Å². The number of phenols is 1. The number of aromatic carboxylic acids is 1. The monoisotopic (exact) mass is 281 g/mol. The summed E-state index contributed by atoms with van der Waals surface area (Å²) >= 11 is 0. The van der Waals surface area contributed by atoms with E-state index in [1.165, 1.54) is 0 Å². The standard InChI is InChI=1S/C9H6F3NO6/c1-3-5(19-9(10,11)12)2-4(13(17)18)7(14)6(3)8(15)16/h2,14H,1H3,(H,15,16). The number of halogens is 3. The first-order chi connectivity index (χ1) is 8.54. The summed E-state index contributed by atoms with van der Waals surface area (Å²) in [5, 5.41) is 28.7. The number of nitrogens with zero attached hydrogens (tertiary/aromatic N) is 1. The van der Waals surface area contributed by atoms with Gasteiger partial charge < -0.3 is 14.9 Å². The van der Waals surface area contributed by atoms with Crippen LogP contribution in [-0.2, 0) is 0 Å². The molecule has 7 nitrogen and oxygen atoms in total. The number of carboxylic acids is 1. The van der Waals surface area contributed by atoms with Gasteiger partial charge in [0.2, 0.25) is 5.75 Å². The highest BCUT2D eigenvalue weighted by molar-refractivity contribution is 5.95. The zero-order valence-electron chi connectivity index (χ0n) is 9.19. The van der Waals surface area contributed by atoms with Gasteiger partial charge in [-0.15, -0.1) is 13.2 Å². The highest BCUT2D eigenvalue weighted by Gasteiger charge is 2.35. The van der Waals surface area contributed by atoms with Crippen LogP contribution in [-0.4, -0.2) is 27.5 Å². The molecule has 0 atom stereocenters. The maximum Gasteiger partial charge on any atom is 0.573 e. The minimum absolute atomic E-state index is 0.310. The third kappa shape index (κ3) is 3.03. The fourth-order valence-electron chi connectivity index (χ4n) is 1.36. The van der Waals surface area contributed by atoms with Crippen LogP contribution >= 0.6 is 0 Å². The zero-order valence-corrected chi connectivity index (χ0v) is 9.19. The third-order valence-electron chi connectivity index (χ3n) is 2.13. The predicted molar refractivity (Wildman–Crippen MR) is 53.1 cm³/mol. The van der Waals surface area contributed by atoms with Gasteiger partial charge in [-0.05, 0) is 6.92 Å². The molecule has 2 N–H and O–H groups in total. The Morgan fingerprint density at radius 1 is 1.47 bits per heavy atom. The summed E-state index contributed by atoms with van der Waals surface area (Å²) in [6.45, 7) is 0.925. The second kappa shape index (κ2) is 4.63. The Balaban J connectivity index is 3.57. The van der Waals surface area contributed by atoms with Crippen molar-refractivity contribution < 1.29 is 37.8 Å². The molecule has 19 heavy (non-hydrogen) atoms. The van der Waals surface area contributed by atoms with Gasteiger partial charge in [0, 0.05) is 5.56 Å². The lowest BCUT2D eigenvalue weighted by molar-refractivity contribution is -0.386. The minimum atomic E-state index is -5.15. The first kappa shape index (κ1) is 14.5. The van der Waals surface area contributed by atoms with E-state index in [0.29, 0.717) is 6.07 Å². The fraction of sp³-hybridized carbons (Fsp3) is 0.222. The number of aromatic hydroxyl groups is 1. The number of hydrogen-bond donors (Lipinski definition) is 2. The van der Waals surface area contributed by atoms with Crippen molar-refractivity contribution in [2.75, 3.05) is 0 Å². The van der Waals surface area contributed by atoms with E-state index in [0.717, 1.165) is 6.92 Å². The van der Waals surface area contributed by atoms with E-state index in [1.807, 2.05) is 0 Å². The van der Waals surface area contributed by atoms with Gasteiger partial charge in [0.05, 0.1) is 11.0 Å². The van der Waals surface area contributed by atoms with Crippen LogP contribution in [0.25, 0.3) is 0 Å². The number of hydrogen-bond acceptors (Lipinski definition) is 5. The lowest BCUT2D eigenvalue weighted by Crippen LogP contribution is -2.19. The maximum atomic E-state index is 12.1. The normalized spacial score (nSPS) is 11.2. The van der Waals surface area contributed by atoms with Crippen molar-refractivity contribution in [3.63, 3.8) is 0 Å². The van der Waals surface area contributed by atoms with Crippen molar-refractivity contribution >= 4 is 11.7 Å². The van der Waals surface area contributed by atoms with E-state index in [4.69, 9.17) is 5.11 Å². The third-order valence-corrected chi connectivity index (χ3v) is 2.13. The molecule has 0 aliphatic heterocycles. The summed E-state index contributed by atoms with van der Waals surface area (Å²) < 4.78 is 39.7. The number of alkyl halides is 3. The summed E-state index contributed by atoms with van der Waals surface area (Å²) in [7, 11) is 0. The first-order valence-electron chi connectivity index (χ1n) is 4.54. The highest BCUT2D eigenvalue weighted by Crippen LogP contribution is 2.39. The fourth-order valence-corrected chi connectivity index (χ4v) is 1.36. The number of benzene rings is 1. The van der Waals surface area contributed by atoms with Gasteiger partial charge in [-0.25, -0.2) is 4.79 Å². The van der Waals surface area contributed by atoms with Crippen LogP contribution in [0.2, 0.25) is 0 Å². The van der Waals surface area contributed by atoms with E-state index in [-0.39, 0.29) is 0 Å². The molecule has 0 saturated heterocycles. The van der Waals surface area contributed by atoms with Crippen LogP contribution < -0.4 is 4.74 Å². The molecule has 10 heteroatoms. The topological polar surface area (TPSA) is 110 Å². The number of carbonyl (C=O) groups is 1. The molecule has 0 aliphatic carbocycles. The van der Waals surface area contributed by atoms with Gasteiger partial charge in [-0.2, -0.15) is 0 Å². The number of nitro benzene ring substituents is 1. The van der Waals surface area contributed by atoms with Gasteiger partial charge in [0.1, 0.15) is 11.3 Å². The molecule has 0 amide bonds. The van der Waals surface area contributed by atoms with E-state index in [2.05, 4.69) is 4.74 Å². The second-order valence-corrected chi connectivity index (χ2v) is 3.35. The highest BCUT2D eigenvalue weighted by atomic mass is 19.4. The smallest absolute Gasteiger partial charge is 0.501 e. The Kier molecular flexibility index (Phi) is 3.54. The van der Waals surface area contributed by atoms with Crippen molar-refractivity contribution in [1.82, 2.24) is 0 Å². The van der Waals surface area contributed by atoms with Crippen LogP contribution in [0.1, 0.15) is 15.9 Å². The molecule has 0 aliphatic rings. The Labute approximate surface area is 103 Å². The molecular formula is C9H6F3NO6. The summed E-state index contributed by atoms with van der Waals surface area (Å²) in [5.74, 6) is -4.11. The SMILES string of the molecule is Cc1c(OC(F)(F)F)cc([N+](=O)[O-])c(O)c1C(=O)O. The van der Waals surface area contributed by atoms with Gasteiger partial charge in [0.25, 0.3) is 0 Å². The summed E-state index contributed by atoms with van der Waals surface area (Å²) in [5.41, 5.74) is -2.79. The van der Waals surface area contributed by atoms with Gasteiger partial charge in [-0.3, -0.25) is 10.1 Å². The average molecular weight is 281 g/mol. The molecule has 0 fully saturated rings. The maximum absolute atomic E-state index is 12.1. The van der Waals surface area contributed by atoms with Crippen LogP contribution in [0.5, 0.6) is 11.5 Å². The van der Waals surface area contributed by atoms with Crippen LogP contribution in [0.3, 0.4) is 0 Å². The van der Waals surface area contributed by atoms with E-state index in [9.17, 15) is 33.2 Å². The van der Waals surface area contributed by atoms with Gasteiger partial charge in [-0.1, -0.05) is 0 Å². The number of carboxylic acid groups (broad SMARTS) is 1. The zero-order chi connectivity index (χ0) is 15.0. The summed E-state index contributed by atoms with van der Waals surface area (Å²) in [4.78, 5) is 20.1. The van der Waals surface area contributed by atoms with Gasteiger partial charge in [0.15, 0.2) is 0 Å². The quantitative estimate of drug-likeness (QED) is 0.649. The molecule has 0 aromatic heterocycles. The van der Waals surface area contributed by atoms with Crippen molar-refractivity contribution in [2.24, 2.45) is 0 Å². The molecule has 104 valence electrons. The summed E-state index contributed by atoms with van der Waals surface area (Å²) in [6, 6.07) is 0.310. The van der Waals surface area contributed by atoms with E-state index in [1.54, 1.807) is 0 Å². The largest absolute Gasteiger partial charge is 0.573 e. The van der Waals surface area contributed by atoms with Crippen molar-refractivity contribution in [3.8, 4) is 11.5 Å². The predicted octanol–water partition coefficient (Wildman–Crippen LogP) is 2.21.